The van der Waals surface area contributed by atoms with Crippen molar-refractivity contribution in [2.75, 3.05) is 0 Å². The highest BCUT2D eigenvalue weighted by atomic mass is 19.1. The van der Waals surface area contributed by atoms with Crippen LogP contribution in [0.25, 0.3) is 22.2 Å². The lowest BCUT2D eigenvalue weighted by molar-refractivity contribution is 0.463. The second kappa shape index (κ2) is 6.28. The van der Waals surface area contributed by atoms with Crippen molar-refractivity contribution < 1.29 is 9.13 Å². The van der Waals surface area contributed by atoms with Crippen LogP contribution in [0.5, 0.6) is 11.6 Å². The van der Waals surface area contributed by atoms with E-state index in [0.29, 0.717) is 17.1 Å². The number of aromatic nitrogens is 3. The molecule has 0 fully saturated rings. The number of hydrogen-bond acceptors (Lipinski definition) is 4. The molecule has 0 saturated heterocycles. The van der Waals surface area contributed by atoms with E-state index in [1.54, 1.807) is 24.4 Å². The van der Waals surface area contributed by atoms with Crippen molar-refractivity contribution in [1.29, 1.82) is 0 Å². The lowest BCUT2D eigenvalue weighted by atomic mass is 10.0. The van der Waals surface area contributed by atoms with Crippen molar-refractivity contribution in [2.24, 2.45) is 0 Å². The van der Waals surface area contributed by atoms with Gasteiger partial charge in [-0.3, -0.25) is 0 Å². The van der Waals surface area contributed by atoms with Crippen LogP contribution in [0.2, 0.25) is 0 Å². The molecule has 122 valence electrons. The first-order valence-electron chi connectivity index (χ1n) is 7.82. The Morgan fingerprint density at radius 2 is 1.72 bits per heavy atom. The lowest BCUT2D eigenvalue weighted by Gasteiger charge is -2.09. The standard InChI is InChI=1S/C20H14FN3O/c1-13-4-2-3-5-16(13)20-17-10-11-19(23-18(17)12-22-24-20)25-15-8-6-14(21)7-9-15/h2-12H,1H3. The predicted octanol–water partition coefficient (Wildman–Crippen LogP) is 4.93. The van der Waals surface area contributed by atoms with Gasteiger partial charge in [0.05, 0.1) is 11.7 Å². The first-order chi connectivity index (χ1) is 12.2. The molecule has 5 heteroatoms. The molecule has 4 nitrogen and oxygen atoms in total. The normalized spacial score (nSPS) is 10.8. The summed E-state index contributed by atoms with van der Waals surface area (Å²) in [5.41, 5.74) is 3.62. The van der Waals surface area contributed by atoms with Gasteiger partial charge in [-0.15, -0.1) is 5.10 Å². The van der Waals surface area contributed by atoms with Gasteiger partial charge in [0.2, 0.25) is 5.88 Å². The fourth-order valence-electron chi connectivity index (χ4n) is 2.67. The Bertz CT molecular complexity index is 1050. The van der Waals surface area contributed by atoms with Crippen molar-refractivity contribution in [3.8, 4) is 22.9 Å². The molecule has 0 spiro atoms. The summed E-state index contributed by atoms with van der Waals surface area (Å²) in [4.78, 5) is 4.49. The lowest BCUT2D eigenvalue weighted by Crippen LogP contribution is -1.95. The van der Waals surface area contributed by atoms with Crippen LogP contribution < -0.4 is 4.74 Å². The molecule has 0 aliphatic carbocycles. The second-order valence-electron chi connectivity index (χ2n) is 5.65. The topological polar surface area (TPSA) is 47.9 Å². The summed E-state index contributed by atoms with van der Waals surface area (Å²) < 4.78 is 18.7. The van der Waals surface area contributed by atoms with Crippen LogP contribution in [0.15, 0.2) is 66.9 Å². The van der Waals surface area contributed by atoms with E-state index < -0.39 is 0 Å². The Kier molecular flexibility index (Phi) is 3.82. The van der Waals surface area contributed by atoms with Gasteiger partial charge in [0.15, 0.2) is 0 Å². The quantitative estimate of drug-likeness (QED) is 0.534. The Morgan fingerprint density at radius 1 is 0.920 bits per heavy atom. The van der Waals surface area contributed by atoms with E-state index >= 15 is 0 Å². The zero-order valence-corrected chi connectivity index (χ0v) is 13.5. The number of pyridine rings is 1. The summed E-state index contributed by atoms with van der Waals surface area (Å²) in [5.74, 6) is 0.634. The molecular formula is C20H14FN3O. The number of ether oxygens (including phenoxy) is 1. The van der Waals surface area contributed by atoms with Crippen LogP contribution in [0, 0.1) is 12.7 Å². The largest absolute Gasteiger partial charge is 0.439 e. The molecule has 25 heavy (non-hydrogen) atoms. The summed E-state index contributed by atoms with van der Waals surface area (Å²) in [6.45, 7) is 2.04. The van der Waals surface area contributed by atoms with E-state index in [1.807, 2.05) is 37.3 Å². The van der Waals surface area contributed by atoms with E-state index in [4.69, 9.17) is 4.74 Å². The van der Waals surface area contributed by atoms with Crippen LogP contribution in [-0.2, 0) is 0 Å². The molecule has 0 unspecified atom stereocenters. The molecule has 4 aromatic rings. The van der Waals surface area contributed by atoms with E-state index in [9.17, 15) is 4.39 Å². The van der Waals surface area contributed by atoms with Crippen LogP contribution in [0.3, 0.4) is 0 Å². The molecule has 0 aliphatic rings. The zero-order chi connectivity index (χ0) is 17.2. The summed E-state index contributed by atoms with van der Waals surface area (Å²) >= 11 is 0. The van der Waals surface area contributed by atoms with E-state index in [2.05, 4.69) is 15.2 Å². The predicted molar refractivity (Wildman–Crippen MR) is 94.0 cm³/mol. The molecular weight excluding hydrogens is 317 g/mol. The SMILES string of the molecule is Cc1ccccc1-c1nncc2nc(Oc3ccc(F)cc3)ccc12. The van der Waals surface area contributed by atoms with Crippen LogP contribution in [0.1, 0.15) is 5.56 Å². The summed E-state index contributed by atoms with van der Waals surface area (Å²) in [6, 6.07) is 17.5. The van der Waals surface area contributed by atoms with Crippen molar-refractivity contribution in [2.45, 2.75) is 6.92 Å². The van der Waals surface area contributed by atoms with Crippen molar-refractivity contribution in [3.63, 3.8) is 0 Å². The van der Waals surface area contributed by atoms with Gasteiger partial charge in [-0.1, -0.05) is 24.3 Å². The van der Waals surface area contributed by atoms with Crippen molar-refractivity contribution in [3.05, 3.63) is 78.2 Å². The molecule has 2 heterocycles. The number of hydrogen-bond donors (Lipinski definition) is 0. The second-order valence-corrected chi connectivity index (χ2v) is 5.65. The average molecular weight is 331 g/mol. The molecule has 2 aromatic carbocycles. The minimum Gasteiger partial charge on any atom is -0.439 e. The highest BCUT2D eigenvalue weighted by molar-refractivity contribution is 5.92. The number of rotatable bonds is 3. The number of aryl methyl sites for hydroxylation is 1. The third-order valence-corrected chi connectivity index (χ3v) is 3.93. The Morgan fingerprint density at radius 3 is 2.52 bits per heavy atom. The number of fused-ring (bicyclic) bond motifs is 1. The van der Waals surface area contributed by atoms with Gasteiger partial charge in [-0.05, 0) is 42.8 Å². The third-order valence-electron chi connectivity index (χ3n) is 3.93. The van der Waals surface area contributed by atoms with E-state index in [0.717, 1.165) is 22.2 Å². The maximum absolute atomic E-state index is 13.0. The number of nitrogens with zero attached hydrogens (tertiary/aromatic N) is 3. The third kappa shape index (κ3) is 3.04. The minimum atomic E-state index is -0.308. The maximum Gasteiger partial charge on any atom is 0.219 e. The van der Waals surface area contributed by atoms with Crippen LogP contribution in [0.4, 0.5) is 4.39 Å². The Balaban J connectivity index is 1.75. The summed E-state index contributed by atoms with van der Waals surface area (Å²) in [6.07, 6.45) is 1.61. The summed E-state index contributed by atoms with van der Waals surface area (Å²) in [5, 5.41) is 9.26. The fourth-order valence-corrected chi connectivity index (χ4v) is 2.67. The van der Waals surface area contributed by atoms with E-state index in [1.165, 1.54) is 12.1 Å². The van der Waals surface area contributed by atoms with Gasteiger partial charge in [0.25, 0.3) is 0 Å². The van der Waals surface area contributed by atoms with E-state index in [-0.39, 0.29) is 5.82 Å². The van der Waals surface area contributed by atoms with Gasteiger partial charge in [-0.2, -0.15) is 5.10 Å². The Labute approximate surface area is 143 Å². The molecule has 0 bridgehead atoms. The highest BCUT2D eigenvalue weighted by Gasteiger charge is 2.10. The molecule has 0 saturated carbocycles. The molecule has 0 atom stereocenters. The molecule has 0 amide bonds. The molecule has 2 aromatic heterocycles. The first-order valence-corrected chi connectivity index (χ1v) is 7.82. The van der Waals surface area contributed by atoms with Crippen LogP contribution in [-0.4, -0.2) is 15.2 Å². The van der Waals surface area contributed by atoms with Gasteiger partial charge in [0, 0.05) is 17.0 Å². The molecule has 0 N–H and O–H groups in total. The highest BCUT2D eigenvalue weighted by Crippen LogP contribution is 2.29. The molecule has 0 aliphatic heterocycles. The van der Waals surface area contributed by atoms with Gasteiger partial charge < -0.3 is 4.74 Å². The monoisotopic (exact) mass is 331 g/mol. The fraction of sp³-hybridized carbons (Fsp3) is 0.0500. The number of halogens is 1. The average Bonchev–Trinajstić information content (AvgIpc) is 2.63. The first kappa shape index (κ1) is 15.2. The number of benzene rings is 2. The van der Waals surface area contributed by atoms with Gasteiger partial charge in [0.1, 0.15) is 17.3 Å². The Hall–Kier alpha value is -3.34. The van der Waals surface area contributed by atoms with Gasteiger partial charge >= 0.3 is 0 Å². The molecule has 4 rings (SSSR count). The minimum absolute atomic E-state index is 0.308. The zero-order valence-electron chi connectivity index (χ0n) is 13.5. The van der Waals surface area contributed by atoms with Gasteiger partial charge in [-0.25, -0.2) is 9.37 Å². The van der Waals surface area contributed by atoms with Crippen LogP contribution >= 0.6 is 0 Å². The van der Waals surface area contributed by atoms with Crippen molar-refractivity contribution >= 4 is 10.9 Å². The smallest absolute Gasteiger partial charge is 0.219 e. The summed E-state index contributed by atoms with van der Waals surface area (Å²) in [7, 11) is 0. The molecule has 0 radical (unpaired) electrons. The van der Waals surface area contributed by atoms with Crippen molar-refractivity contribution in [1.82, 2.24) is 15.2 Å². The maximum atomic E-state index is 13.0.